The molecule has 0 bridgehead atoms. The first-order valence-corrected chi connectivity index (χ1v) is 8.84. The Morgan fingerprint density at radius 3 is 2.62 bits per heavy atom. The number of hydrogen-bond donors (Lipinski definition) is 2. The standard InChI is InChI=1S/C18H32N4O2/c1-8-24-16-10-15(18(16,5)6)20-17(23)19-11(2)9-14-12(3)21-22(7)13(14)4/h11,15-16H,8-10H2,1-7H3,(H2,19,20,23)/t11-,15-,16+/m0/s1. The summed E-state index contributed by atoms with van der Waals surface area (Å²) in [5.74, 6) is 0. The fraction of sp³-hybridized carbons (Fsp3) is 0.778. The maximum Gasteiger partial charge on any atom is 0.315 e. The number of urea groups is 1. The number of rotatable bonds is 6. The van der Waals surface area contributed by atoms with Crippen molar-refractivity contribution in [3.63, 3.8) is 0 Å². The monoisotopic (exact) mass is 336 g/mol. The summed E-state index contributed by atoms with van der Waals surface area (Å²) in [6, 6.07) is 0.107. The molecule has 6 nitrogen and oxygen atoms in total. The Balaban J connectivity index is 1.84. The number of amides is 2. The van der Waals surface area contributed by atoms with Crippen molar-refractivity contribution >= 4 is 6.03 Å². The summed E-state index contributed by atoms with van der Waals surface area (Å²) in [7, 11) is 1.95. The van der Waals surface area contributed by atoms with Crippen molar-refractivity contribution in [2.24, 2.45) is 12.5 Å². The largest absolute Gasteiger partial charge is 0.378 e. The highest BCUT2D eigenvalue weighted by atomic mass is 16.5. The Morgan fingerprint density at radius 2 is 2.12 bits per heavy atom. The van der Waals surface area contributed by atoms with Gasteiger partial charge in [-0.15, -0.1) is 0 Å². The van der Waals surface area contributed by atoms with Crippen LogP contribution in [0.2, 0.25) is 0 Å². The molecule has 2 N–H and O–H groups in total. The van der Waals surface area contributed by atoms with E-state index in [2.05, 4.69) is 36.5 Å². The fourth-order valence-electron chi connectivity index (χ4n) is 3.51. The van der Waals surface area contributed by atoms with Crippen LogP contribution in [0, 0.1) is 19.3 Å². The maximum absolute atomic E-state index is 12.3. The topological polar surface area (TPSA) is 68.2 Å². The molecule has 6 heteroatoms. The van der Waals surface area contributed by atoms with E-state index in [0.29, 0.717) is 6.61 Å². The Bertz CT molecular complexity index is 594. The predicted molar refractivity (Wildman–Crippen MR) is 95.1 cm³/mol. The zero-order valence-electron chi connectivity index (χ0n) is 16.1. The molecule has 1 heterocycles. The van der Waals surface area contributed by atoms with Crippen molar-refractivity contribution in [3.8, 4) is 0 Å². The van der Waals surface area contributed by atoms with E-state index in [0.717, 1.165) is 24.2 Å². The number of hydrogen-bond acceptors (Lipinski definition) is 3. The predicted octanol–water partition coefficient (Wildman–Crippen LogP) is 2.47. The first-order valence-electron chi connectivity index (χ1n) is 8.84. The van der Waals surface area contributed by atoms with Gasteiger partial charge in [-0.1, -0.05) is 13.8 Å². The molecule has 1 fully saturated rings. The van der Waals surface area contributed by atoms with Crippen molar-refractivity contribution in [1.82, 2.24) is 20.4 Å². The minimum absolute atomic E-state index is 0.0207. The maximum atomic E-state index is 12.3. The van der Waals surface area contributed by atoms with Crippen molar-refractivity contribution in [1.29, 1.82) is 0 Å². The first-order chi connectivity index (χ1) is 11.2. The van der Waals surface area contributed by atoms with Crippen LogP contribution in [0.4, 0.5) is 4.79 Å². The highest BCUT2D eigenvalue weighted by Crippen LogP contribution is 2.42. The highest BCUT2D eigenvalue weighted by molar-refractivity contribution is 5.74. The van der Waals surface area contributed by atoms with E-state index in [-0.39, 0.29) is 29.6 Å². The Kier molecular flexibility index (Phi) is 5.58. The molecule has 1 aliphatic rings. The van der Waals surface area contributed by atoms with E-state index >= 15 is 0 Å². The lowest BCUT2D eigenvalue weighted by Gasteiger charge is -2.51. The summed E-state index contributed by atoms with van der Waals surface area (Å²) >= 11 is 0. The van der Waals surface area contributed by atoms with Gasteiger partial charge in [-0.3, -0.25) is 4.68 Å². The summed E-state index contributed by atoms with van der Waals surface area (Å²) < 4.78 is 7.60. The number of aromatic nitrogens is 2. The van der Waals surface area contributed by atoms with Gasteiger partial charge in [0.1, 0.15) is 0 Å². The van der Waals surface area contributed by atoms with Gasteiger partial charge in [0.2, 0.25) is 0 Å². The van der Waals surface area contributed by atoms with Crippen LogP contribution in [0.1, 0.15) is 51.1 Å². The molecule has 0 aromatic carbocycles. The molecular weight excluding hydrogens is 304 g/mol. The van der Waals surface area contributed by atoms with Crippen LogP contribution in [0.3, 0.4) is 0 Å². The van der Waals surface area contributed by atoms with Crippen molar-refractivity contribution < 1.29 is 9.53 Å². The van der Waals surface area contributed by atoms with Gasteiger partial charge in [0.25, 0.3) is 0 Å². The third-order valence-corrected chi connectivity index (χ3v) is 5.40. The first kappa shape index (κ1) is 18.8. The number of carbonyl (C=O) groups excluding carboxylic acids is 1. The minimum Gasteiger partial charge on any atom is -0.378 e. The molecule has 24 heavy (non-hydrogen) atoms. The zero-order valence-corrected chi connectivity index (χ0v) is 16.1. The summed E-state index contributed by atoms with van der Waals surface area (Å²) in [6.45, 7) is 13.1. The van der Waals surface area contributed by atoms with Crippen LogP contribution >= 0.6 is 0 Å². The van der Waals surface area contributed by atoms with E-state index in [9.17, 15) is 4.79 Å². The zero-order chi connectivity index (χ0) is 18.1. The lowest BCUT2D eigenvalue weighted by molar-refractivity contribution is -0.110. The van der Waals surface area contributed by atoms with E-state index < -0.39 is 0 Å². The minimum atomic E-state index is -0.102. The van der Waals surface area contributed by atoms with Gasteiger partial charge < -0.3 is 15.4 Å². The average molecular weight is 336 g/mol. The molecular formula is C18H32N4O2. The number of aryl methyl sites for hydroxylation is 2. The van der Waals surface area contributed by atoms with Crippen LogP contribution in [0.25, 0.3) is 0 Å². The van der Waals surface area contributed by atoms with Crippen LogP contribution in [-0.4, -0.2) is 40.6 Å². The average Bonchev–Trinajstić information content (AvgIpc) is 2.72. The number of nitrogens with one attached hydrogen (secondary N) is 2. The van der Waals surface area contributed by atoms with Crippen LogP contribution in [-0.2, 0) is 18.2 Å². The summed E-state index contributed by atoms with van der Waals surface area (Å²) in [5, 5.41) is 10.6. The van der Waals surface area contributed by atoms with Gasteiger partial charge in [-0.05, 0) is 46.1 Å². The molecule has 1 aliphatic carbocycles. The van der Waals surface area contributed by atoms with E-state index in [1.165, 1.54) is 5.56 Å². The van der Waals surface area contributed by atoms with Gasteiger partial charge >= 0.3 is 6.03 Å². The van der Waals surface area contributed by atoms with E-state index in [1.807, 2.05) is 32.5 Å². The molecule has 3 atom stereocenters. The molecule has 2 amide bonds. The lowest BCUT2D eigenvalue weighted by atomic mass is 9.64. The van der Waals surface area contributed by atoms with Gasteiger partial charge in [0.05, 0.1) is 11.8 Å². The summed E-state index contributed by atoms with van der Waals surface area (Å²) in [5.41, 5.74) is 3.38. The fourth-order valence-corrected chi connectivity index (χ4v) is 3.51. The molecule has 0 saturated heterocycles. The quantitative estimate of drug-likeness (QED) is 0.838. The Morgan fingerprint density at radius 1 is 1.46 bits per heavy atom. The summed E-state index contributed by atoms with van der Waals surface area (Å²) in [4.78, 5) is 12.3. The molecule has 0 radical (unpaired) electrons. The van der Waals surface area contributed by atoms with Crippen molar-refractivity contribution in [2.75, 3.05) is 6.61 Å². The van der Waals surface area contributed by atoms with Crippen LogP contribution in [0.5, 0.6) is 0 Å². The number of ether oxygens (including phenoxy) is 1. The Hall–Kier alpha value is -1.56. The third kappa shape index (κ3) is 3.74. The second-order valence-electron chi connectivity index (χ2n) is 7.55. The second kappa shape index (κ2) is 7.13. The lowest BCUT2D eigenvalue weighted by Crippen LogP contribution is -2.63. The molecule has 0 unspecified atom stereocenters. The number of nitrogens with zero attached hydrogens (tertiary/aromatic N) is 2. The molecule has 1 saturated carbocycles. The van der Waals surface area contributed by atoms with Gasteiger partial charge in [-0.2, -0.15) is 5.10 Å². The van der Waals surface area contributed by atoms with E-state index in [1.54, 1.807) is 0 Å². The van der Waals surface area contributed by atoms with Crippen molar-refractivity contribution in [3.05, 3.63) is 17.0 Å². The van der Waals surface area contributed by atoms with Gasteiger partial charge in [0.15, 0.2) is 0 Å². The Labute approximate surface area is 145 Å². The van der Waals surface area contributed by atoms with E-state index in [4.69, 9.17) is 4.74 Å². The normalized spacial score (nSPS) is 23.5. The summed E-state index contributed by atoms with van der Waals surface area (Å²) in [6.07, 6.45) is 1.89. The molecule has 0 aliphatic heterocycles. The van der Waals surface area contributed by atoms with Crippen LogP contribution in [0.15, 0.2) is 0 Å². The third-order valence-electron chi connectivity index (χ3n) is 5.40. The highest BCUT2D eigenvalue weighted by Gasteiger charge is 2.49. The van der Waals surface area contributed by atoms with Gasteiger partial charge in [0, 0.05) is 36.8 Å². The SMILES string of the molecule is CCO[C@@H]1C[C@H](NC(=O)N[C@@H](C)Cc2c(C)nn(C)c2C)C1(C)C. The van der Waals surface area contributed by atoms with Crippen LogP contribution < -0.4 is 10.6 Å². The molecule has 2 rings (SSSR count). The molecule has 1 aromatic heterocycles. The number of carbonyl (C=O) groups is 1. The van der Waals surface area contributed by atoms with Gasteiger partial charge in [-0.25, -0.2) is 4.79 Å². The second-order valence-corrected chi connectivity index (χ2v) is 7.55. The smallest absolute Gasteiger partial charge is 0.315 e. The molecule has 1 aromatic rings. The van der Waals surface area contributed by atoms with Crippen molar-refractivity contribution in [2.45, 2.75) is 72.6 Å². The molecule has 0 spiro atoms. The molecule has 136 valence electrons.